The topological polar surface area (TPSA) is 58.6 Å². The molecule has 148 valence electrons. The largest absolute Gasteiger partial charge is 0.422 e. The number of hydrogen-bond donors (Lipinski definition) is 1. The van der Waals surface area contributed by atoms with E-state index in [1.807, 2.05) is 0 Å². The fourth-order valence-corrected chi connectivity index (χ4v) is 4.24. The van der Waals surface area contributed by atoms with Gasteiger partial charge in [-0.25, -0.2) is 9.36 Å². The van der Waals surface area contributed by atoms with Gasteiger partial charge in [-0.3, -0.25) is 0 Å². The first kappa shape index (κ1) is 19.2. The highest BCUT2D eigenvalue weighted by molar-refractivity contribution is 6.31. The van der Waals surface area contributed by atoms with E-state index in [0.29, 0.717) is 28.5 Å². The second-order valence-electron chi connectivity index (χ2n) is 7.59. The lowest BCUT2D eigenvalue weighted by atomic mass is 9.90. The van der Waals surface area contributed by atoms with Gasteiger partial charge in [0.2, 0.25) is 0 Å². The van der Waals surface area contributed by atoms with Crippen molar-refractivity contribution >= 4 is 22.7 Å². The van der Waals surface area contributed by atoms with Crippen LogP contribution >= 0.6 is 11.6 Å². The molecule has 0 saturated carbocycles. The number of oxazole rings is 1. The van der Waals surface area contributed by atoms with Gasteiger partial charge in [0.25, 0.3) is 0 Å². The Labute approximate surface area is 169 Å². The monoisotopic (exact) mass is 400 g/mol. The predicted octanol–water partition coefficient (Wildman–Crippen LogP) is 4.08. The molecule has 0 spiro atoms. The lowest BCUT2D eigenvalue weighted by Crippen LogP contribution is -2.36. The Morgan fingerprint density at radius 3 is 2.64 bits per heavy atom. The summed E-state index contributed by atoms with van der Waals surface area (Å²) in [6.07, 6.45) is 3.01. The Bertz CT molecular complexity index is 974. The van der Waals surface area contributed by atoms with Crippen molar-refractivity contribution in [2.24, 2.45) is 5.92 Å². The standard InChI is InChI=1S/C22H25ClN2O3/c23-18-6-7-20-19(15-18)25(22(27)28-20)21(26)10-13-24-11-8-17(9-12-24)14-16-4-2-1-3-5-16/h1-7,15,17,21,26H,8-14H2. The molecule has 2 aromatic carbocycles. The van der Waals surface area contributed by atoms with Crippen LogP contribution in [0.5, 0.6) is 0 Å². The van der Waals surface area contributed by atoms with Gasteiger partial charge in [0.1, 0.15) is 6.23 Å². The molecular weight excluding hydrogens is 376 g/mol. The van der Waals surface area contributed by atoms with E-state index in [2.05, 4.69) is 35.2 Å². The molecule has 0 radical (unpaired) electrons. The molecule has 1 N–H and O–H groups in total. The summed E-state index contributed by atoms with van der Waals surface area (Å²) in [6, 6.07) is 15.6. The SMILES string of the molecule is O=c1oc2ccc(Cl)cc2n1C(O)CCN1CCC(Cc2ccccc2)CC1. The van der Waals surface area contributed by atoms with Crippen LogP contribution in [-0.2, 0) is 6.42 Å². The molecule has 5 nitrogen and oxygen atoms in total. The number of fused-ring (bicyclic) bond motifs is 1. The summed E-state index contributed by atoms with van der Waals surface area (Å²) in [5.74, 6) is 0.164. The van der Waals surface area contributed by atoms with Gasteiger partial charge in [-0.2, -0.15) is 0 Å². The van der Waals surface area contributed by atoms with E-state index in [9.17, 15) is 9.90 Å². The third-order valence-corrected chi connectivity index (χ3v) is 5.89. The molecule has 4 rings (SSSR count). The number of hydrogen-bond acceptors (Lipinski definition) is 4. The summed E-state index contributed by atoms with van der Waals surface area (Å²) in [7, 11) is 0. The molecule has 28 heavy (non-hydrogen) atoms. The zero-order valence-electron chi connectivity index (χ0n) is 15.8. The van der Waals surface area contributed by atoms with Crippen molar-refractivity contribution in [3.63, 3.8) is 0 Å². The molecule has 1 aliphatic heterocycles. The maximum atomic E-state index is 12.1. The van der Waals surface area contributed by atoms with E-state index < -0.39 is 12.0 Å². The van der Waals surface area contributed by atoms with Crippen LogP contribution in [0.25, 0.3) is 11.1 Å². The first-order valence-corrected chi connectivity index (χ1v) is 10.2. The minimum atomic E-state index is -0.922. The fourth-order valence-electron chi connectivity index (χ4n) is 4.08. The highest BCUT2D eigenvalue weighted by Crippen LogP contribution is 2.24. The maximum absolute atomic E-state index is 12.1. The summed E-state index contributed by atoms with van der Waals surface area (Å²) in [5, 5.41) is 11.1. The second kappa shape index (κ2) is 8.52. The van der Waals surface area contributed by atoms with Crippen LogP contribution in [0.1, 0.15) is 31.1 Å². The Morgan fingerprint density at radius 2 is 1.89 bits per heavy atom. The minimum Gasteiger partial charge on any atom is -0.408 e. The van der Waals surface area contributed by atoms with E-state index >= 15 is 0 Å². The number of aliphatic hydroxyl groups is 1. The van der Waals surface area contributed by atoms with Crippen LogP contribution in [0.15, 0.2) is 57.7 Å². The minimum absolute atomic E-state index is 0.440. The van der Waals surface area contributed by atoms with Crippen LogP contribution < -0.4 is 5.76 Å². The fraction of sp³-hybridized carbons (Fsp3) is 0.409. The zero-order valence-corrected chi connectivity index (χ0v) is 16.5. The predicted molar refractivity (Wildman–Crippen MR) is 111 cm³/mol. The molecule has 6 heteroatoms. The van der Waals surface area contributed by atoms with Crippen LogP contribution in [0.4, 0.5) is 0 Å². The summed E-state index contributed by atoms with van der Waals surface area (Å²) in [4.78, 5) is 14.5. The van der Waals surface area contributed by atoms with Gasteiger partial charge < -0.3 is 14.4 Å². The van der Waals surface area contributed by atoms with Crippen molar-refractivity contribution in [2.45, 2.75) is 31.9 Å². The first-order chi connectivity index (χ1) is 13.6. The highest BCUT2D eigenvalue weighted by atomic mass is 35.5. The number of rotatable bonds is 6. The van der Waals surface area contributed by atoms with Gasteiger partial charge >= 0.3 is 5.76 Å². The quantitative estimate of drug-likeness (QED) is 0.677. The van der Waals surface area contributed by atoms with Crippen molar-refractivity contribution in [1.82, 2.24) is 9.47 Å². The molecule has 2 heterocycles. The third kappa shape index (κ3) is 4.32. The smallest absolute Gasteiger partial charge is 0.408 e. The summed E-state index contributed by atoms with van der Waals surface area (Å²) < 4.78 is 6.51. The Kier molecular flexibility index (Phi) is 5.85. The van der Waals surface area contributed by atoms with Crippen LogP contribution in [0.3, 0.4) is 0 Å². The number of benzene rings is 2. The molecule has 1 unspecified atom stereocenters. The van der Waals surface area contributed by atoms with E-state index in [1.54, 1.807) is 18.2 Å². The summed E-state index contributed by atoms with van der Waals surface area (Å²) in [6.45, 7) is 2.80. The molecule has 0 bridgehead atoms. The van der Waals surface area contributed by atoms with Crippen LogP contribution in [-0.4, -0.2) is 34.2 Å². The van der Waals surface area contributed by atoms with Crippen LogP contribution in [0, 0.1) is 5.92 Å². The van der Waals surface area contributed by atoms with Crippen LogP contribution in [0.2, 0.25) is 5.02 Å². The lowest BCUT2D eigenvalue weighted by Gasteiger charge is -2.32. The van der Waals surface area contributed by atoms with E-state index in [1.165, 1.54) is 10.1 Å². The average molecular weight is 401 g/mol. The van der Waals surface area contributed by atoms with Crippen molar-refractivity contribution in [3.8, 4) is 0 Å². The summed E-state index contributed by atoms with van der Waals surface area (Å²) in [5.41, 5.74) is 2.38. The Balaban J connectivity index is 1.31. The number of aliphatic hydroxyl groups excluding tert-OH is 1. The average Bonchev–Trinajstić information content (AvgIpc) is 3.03. The molecule has 3 aromatic rings. The van der Waals surface area contributed by atoms with Gasteiger partial charge in [-0.1, -0.05) is 41.9 Å². The number of piperidine rings is 1. The number of aromatic nitrogens is 1. The lowest BCUT2D eigenvalue weighted by molar-refractivity contribution is 0.0696. The van der Waals surface area contributed by atoms with E-state index in [-0.39, 0.29) is 0 Å². The zero-order chi connectivity index (χ0) is 19.5. The van der Waals surface area contributed by atoms with Gasteiger partial charge in [-0.15, -0.1) is 0 Å². The molecular formula is C22H25ClN2O3. The molecule has 1 aliphatic rings. The molecule has 1 atom stereocenters. The van der Waals surface area contributed by atoms with Crippen molar-refractivity contribution in [1.29, 1.82) is 0 Å². The van der Waals surface area contributed by atoms with Gasteiger partial charge in [0.05, 0.1) is 5.52 Å². The maximum Gasteiger partial charge on any atom is 0.422 e. The van der Waals surface area contributed by atoms with Gasteiger partial charge in [-0.05, 0) is 62.0 Å². The highest BCUT2D eigenvalue weighted by Gasteiger charge is 2.22. The van der Waals surface area contributed by atoms with Gasteiger partial charge in [0.15, 0.2) is 5.58 Å². The number of nitrogens with zero attached hydrogens (tertiary/aromatic N) is 2. The Morgan fingerprint density at radius 1 is 1.14 bits per heavy atom. The number of likely N-dealkylation sites (tertiary alicyclic amines) is 1. The van der Waals surface area contributed by atoms with Crippen molar-refractivity contribution in [3.05, 3.63) is 69.7 Å². The molecule has 0 aliphatic carbocycles. The second-order valence-corrected chi connectivity index (χ2v) is 8.03. The van der Waals surface area contributed by atoms with Gasteiger partial charge in [0, 0.05) is 18.0 Å². The normalized spacial score (nSPS) is 17.2. The number of halogens is 1. The molecule has 1 fully saturated rings. The van der Waals surface area contributed by atoms with Crippen molar-refractivity contribution in [2.75, 3.05) is 19.6 Å². The van der Waals surface area contributed by atoms with Crippen molar-refractivity contribution < 1.29 is 9.52 Å². The molecule has 1 aromatic heterocycles. The molecule has 0 amide bonds. The first-order valence-electron chi connectivity index (χ1n) is 9.85. The van der Waals surface area contributed by atoms with E-state index in [0.717, 1.165) is 38.9 Å². The summed E-state index contributed by atoms with van der Waals surface area (Å²) >= 11 is 6.03. The Hall–Kier alpha value is -2.08. The third-order valence-electron chi connectivity index (χ3n) is 5.65. The van der Waals surface area contributed by atoms with E-state index in [4.69, 9.17) is 16.0 Å². The molecule has 1 saturated heterocycles.